The number of amides is 1. The maximum absolute atomic E-state index is 13.0. The van der Waals surface area contributed by atoms with Crippen LogP contribution < -0.4 is 5.32 Å². The van der Waals surface area contributed by atoms with Gasteiger partial charge in [-0.15, -0.1) is 0 Å². The second-order valence-corrected chi connectivity index (χ2v) is 4.48. The van der Waals surface area contributed by atoms with Crippen LogP contribution in [0.4, 0.5) is 4.39 Å². The molecule has 0 bridgehead atoms. The molecule has 2 aromatic rings. The number of carbonyl (C=O) groups excluding carboxylic acids is 1. The van der Waals surface area contributed by atoms with Crippen LogP contribution in [0.5, 0.6) is 0 Å². The fourth-order valence-corrected chi connectivity index (χ4v) is 1.90. The van der Waals surface area contributed by atoms with Gasteiger partial charge < -0.3 is 10.4 Å². The van der Waals surface area contributed by atoms with Crippen LogP contribution in [0, 0.1) is 5.82 Å². The van der Waals surface area contributed by atoms with Gasteiger partial charge in [-0.05, 0) is 30.2 Å². The highest BCUT2D eigenvalue weighted by Gasteiger charge is 2.09. The third-order valence-corrected chi connectivity index (χ3v) is 2.97. The van der Waals surface area contributed by atoms with Crippen LogP contribution in [-0.2, 0) is 0 Å². The van der Waals surface area contributed by atoms with Crippen molar-refractivity contribution in [3.8, 4) is 0 Å². The van der Waals surface area contributed by atoms with Crippen molar-refractivity contribution in [3.05, 3.63) is 71.5 Å². The van der Waals surface area contributed by atoms with Gasteiger partial charge in [0.25, 0.3) is 5.91 Å². The van der Waals surface area contributed by atoms with Crippen molar-refractivity contribution < 1.29 is 14.3 Å². The first-order chi connectivity index (χ1) is 9.66. The monoisotopic (exact) mass is 273 g/mol. The summed E-state index contributed by atoms with van der Waals surface area (Å²) in [7, 11) is 0. The smallest absolute Gasteiger partial charge is 0.251 e. The zero-order valence-corrected chi connectivity index (χ0v) is 10.9. The van der Waals surface area contributed by atoms with Gasteiger partial charge in [-0.25, -0.2) is 4.39 Å². The minimum atomic E-state index is -0.621. The molecule has 20 heavy (non-hydrogen) atoms. The molecular weight excluding hydrogens is 257 g/mol. The van der Waals surface area contributed by atoms with E-state index in [0.717, 1.165) is 5.56 Å². The molecule has 0 aliphatic heterocycles. The maximum atomic E-state index is 13.0. The number of aliphatic hydroxyl groups excluding tert-OH is 1. The summed E-state index contributed by atoms with van der Waals surface area (Å²) < 4.78 is 13.0. The van der Waals surface area contributed by atoms with Crippen LogP contribution in [0.2, 0.25) is 0 Å². The SMILES string of the molecule is O=C(NCCC(O)c1ccccc1)c1cccc(F)c1. The van der Waals surface area contributed by atoms with E-state index in [-0.39, 0.29) is 11.5 Å². The molecule has 4 heteroatoms. The molecule has 0 heterocycles. The van der Waals surface area contributed by atoms with E-state index in [1.807, 2.05) is 30.3 Å². The lowest BCUT2D eigenvalue weighted by Gasteiger charge is -2.11. The molecule has 0 aromatic heterocycles. The topological polar surface area (TPSA) is 49.3 Å². The number of hydrogen-bond donors (Lipinski definition) is 2. The summed E-state index contributed by atoms with van der Waals surface area (Å²) in [4.78, 5) is 11.8. The van der Waals surface area contributed by atoms with E-state index in [4.69, 9.17) is 0 Å². The second-order valence-electron chi connectivity index (χ2n) is 4.48. The zero-order chi connectivity index (χ0) is 14.4. The van der Waals surface area contributed by atoms with E-state index in [9.17, 15) is 14.3 Å². The number of hydrogen-bond acceptors (Lipinski definition) is 2. The van der Waals surface area contributed by atoms with Crippen molar-refractivity contribution in [2.45, 2.75) is 12.5 Å². The summed E-state index contributed by atoms with van der Waals surface area (Å²) in [5.41, 5.74) is 1.09. The van der Waals surface area contributed by atoms with E-state index in [1.54, 1.807) is 6.07 Å². The highest BCUT2D eigenvalue weighted by Crippen LogP contribution is 2.15. The molecule has 1 amide bonds. The molecule has 1 unspecified atom stereocenters. The van der Waals surface area contributed by atoms with E-state index in [1.165, 1.54) is 18.2 Å². The molecule has 1 atom stereocenters. The van der Waals surface area contributed by atoms with Crippen LogP contribution in [0.15, 0.2) is 54.6 Å². The number of aliphatic hydroxyl groups is 1. The van der Waals surface area contributed by atoms with Crippen molar-refractivity contribution in [2.75, 3.05) is 6.54 Å². The lowest BCUT2D eigenvalue weighted by atomic mass is 10.1. The fraction of sp³-hybridized carbons (Fsp3) is 0.188. The van der Waals surface area contributed by atoms with E-state index >= 15 is 0 Å². The summed E-state index contributed by atoms with van der Waals surface area (Å²) in [6.07, 6.45) is -0.213. The highest BCUT2D eigenvalue weighted by atomic mass is 19.1. The van der Waals surface area contributed by atoms with Crippen molar-refractivity contribution in [3.63, 3.8) is 0 Å². The number of carbonyl (C=O) groups is 1. The molecule has 104 valence electrons. The van der Waals surface area contributed by atoms with Crippen molar-refractivity contribution in [1.29, 1.82) is 0 Å². The Bertz CT molecular complexity index is 572. The number of rotatable bonds is 5. The zero-order valence-electron chi connectivity index (χ0n) is 10.9. The predicted molar refractivity (Wildman–Crippen MR) is 74.8 cm³/mol. The Labute approximate surface area is 117 Å². The molecule has 2 N–H and O–H groups in total. The summed E-state index contributed by atoms with van der Waals surface area (Å²) >= 11 is 0. The Kier molecular flexibility index (Phi) is 4.85. The molecule has 0 aliphatic rings. The van der Waals surface area contributed by atoms with Crippen molar-refractivity contribution in [2.24, 2.45) is 0 Å². The number of nitrogens with one attached hydrogen (secondary N) is 1. The first-order valence-electron chi connectivity index (χ1n) is 6.43. The van der Waals surface area contributed by atoms with Gasteiger partial charge in [0, 0.05) is 12.1 Å². The molecule has 2 rings (SSSR count). The Hall–Kier alpha value is -2.20. The van der Waals surface area contributed by atoms with Gasteiger partial charge in [0.2, 0.25) is 0 Å². The molecular formula is C16H16FNO2. The van der Waals surface area contributed by atoms with Gasteiger partial charge in [0.15, 0.2) is 0 Å². The number of benzene rings is 2. The fourth-order valence-electron chi connectivity index (χ4n) is 1.90. The second kappa shape index (κ2) is 6.82. The van der Waals surface area contributed by atoms with E-state index < -0.39 is 11.9 Å². The molecule has 0 spiro atoms. The van der Waals surface area contributed by atoms with Crippen LogP contribution in [-0.4, -0.2) is 17.6 Å². The van der Waals surface area contributed by atoms with Gasteiger partial charge in [0.05, 0.1) is 6.10 Å². The predicted octanol–water partition coefficient (Wildman–Crippen LogP) is 2.68. The average molecular weight is 273 g/mol. The standard InChI is InChI=1S/C16H16FNO2/c17-14-8-4-7-13(11-14)16(20)18-10-9-15(19)12-5-2-1-3-6-12/h1-8,11,15,19H,9-10H2,(H,18,20). The summed E-state index contributed by atoms with van der Waals surface area (Å²) in [5.74, 6) is -0.785. The first kappa shape index (κ1) is 14.2. The van der Waals surface area contributed by atoms with Gasteiger partial charge in [-0.3, -0.25) is 4.79 Å². The van der Waals surface area contributed by atoms with Crippen LogP contribution >= 0.6 is 0 Å². The molecule has 2 aromatic carbocycles. The van der Waals surface area contributed by atoms with Gasteiger partial charge in [-0.2, -0.15) is 0 Å². The minimum absolute atomic E-state index is 0.277. The Morgan fingerprint density at radius 3 is 2.60 bits per heavy atom. The largest absolute Gasteiger partial charge is 0.388 e. The molecule has 3 nitrogen and oxygen atoms in total. The summed E-state index contributed by atoms with van der Waals surface area (Å²) in [5, 5.41) is 12.6. The first-order valence-corrected chi connectivity index (χ1v) is 6.43. The number of halogens is 1. The minimum Gasteiger partial charge on any atom is -0.388 e. The quantitative estimate of drug-likeness (QED) is 0.880. The Morgan fingerprint density at radius 2 is 1.90 bits per heavy atom. The van der Waals surface area contributed by atoms with E-state index in [2.05, 4.69) is 5.32 Å². The average Bonchev–Trinajstić information content (AvgIpc) is 2.48. The van der Waals surface area contributed by atoms with Gasteiger partial charge >= 0.3 is 0 Å². The third kappa shape index (κ3) is 3.90. The summed E-state index contributed by atoms with van der Waals surface area (Å²) in [6.45, 7) is 0.325. The van der Waals surface area contributed by atoms with Crippen LogP contribution in [0.3, 0.4) is 0 Å². The lowest BCUT2D eigenvalue weighted by molar-refractivity contribution is 0.0942. The Balaban J connectivity index is 1.83. The Morgan fingerprint density at radius 1 is 1.15 bits per heavy atom. The van der Waals surface area contributed by atoms with Crippen LogP contribution in [0.1, 0.15) is 28.4 Å². The molecule has 0 saturated heterocycles. The molecule has 0 radical (unpaired) electrons. The van der Waals surface area contributed by atoms with Crippen molar-refractivity contribution >= 4 is 5.91 Å². The normalized spacial score (nSPS) is 11.9. The molecule has 0 fully saturated rings. The lowest BCUT2D eigenvalue weighted by Crippen LogP contribution is -2.25. The summed E-state index contributed by atoms with van der Waals surface area (Å²) in [6, 6.07) is 14.8. The van der Waals surface area contributed by atoms with Crippen LogP contribution in [0.25, 0.3) is 0 Å². The maximum Gasteiger partial charge on any atom is 0.251 e. The van der Waals surface area contributed by atoms with Gasteiger partial charge in [-0.1, -0.05) is 36.4 Å². The molecule has 0 aliphatic carbocycles. The highest BCUT2D eigenvalue weighted by molar-refractivity contribution is 5.94. The van der Waals surface area contributed by atoms with E-state index in [0.29, 0.717) is 13.0 Å². The van der Waals surface area contributed by atoms with Gasteiger partial charge in [0.1, 0.15) is 5.82 Å². The van der Waals surface area contributed by atoms with Crippen molar-refractivity contribution in [1.82, 2.24) is 5.32 Å². The molecule has 0 saturated carbocycles. The third-order valence-electron chi connectivity index (χ3n) is 2.97.